The molecule has 1 aromatic carbocycles. The second-order valence-electron chi connectivity index (χ2n) is 4.71. The van der Waals surface area contributed by atoms with Crippen LogP contribution in [0.1, 0.15) is 18.9 Å². The normalized spacial score (nSPS) is 14.1. The summed E-state index contributed by atoms with van der Waals surface area (Å²) in [6.45, 7) is 0. The first kappa shape index (κ1) is 13.8. The smallest absolute Gasteiger partial charge is 0.234 e. The second kappa shape index (κ2) is 5.68. The molecule has 9 heteroatoms. The Hall–Kier alpha value is -2.16. The second-order valence-corrected chi connectivity index (χ2v) is 5.65. The lowest BCUT2D eigenvalue weighted by Gasteiger charge is -2.06. The van der Waals surface area contributed by atoms with E-state index in [2.05, 4.69) is 20.8 Å². The van der Waals surface area contributed by atoms with Crippen LogP contribution in [0, 0.1) is 5.82 Å². The third-order valence-electron chi connectivity index (χ3n) is 2.97. The Labute approximate surface area is 124 Å². The fourth-order valence-corrected chi connectivity index (χ4v) is 2.52. The Kier molecular flexibility index (Phi) is 3.74. The number of nitrogens with one attached hydrogen (secondary N) is 1. The highest BCUT2D eigenvalue weighted by atomic mass is 32.2. The van der Waals surface area contributed by atoms with Crippen LogP contribution in [0.25, 0.3) is 0 Å². The van der Waals surface area contributed by atoms with Crippen LogP contribution in [0.3, 0.4) is 0 Å². The van der Waals surface area contributed by atoms with Gasteiger partial charge in [-0.2, -0.15) is 0 Å². The summed E-state index contributed by atoms with van der Waals surface area (Å²) in [4.78, 5) is 11.9. The van der Waals surface area contributed by atoms with Gasteiger partial charge in [-0.15, -0.1) is 5.10 Å². The molecular formula is C12H13FN6OS. The van der Waals surface area contributed by atoms with Gasteiger partial charge in [0.25, 0.3) is 0 Å². The molecule has 0 saturated heterocycles. The Morgan fingerprint density at radius 1 is 1.52 bits per heavy atom. The molecule has 1 fully saturated rings. The topological polar surface area (TPSA) is 98.7 Å². The molecule has 1 aliphatic rings. The van der Waals surface area contributed by atoms with Crippen molar-refractivity contribution in [3.8, 4) is 0 Å². The van der Waals surface area contributed by atoms with Gasteiger partial charge in [0.05, 0.1) is 17.5 Å². The number of nitrogen functional groups attached to an aromatic ring is 1. The van der Waals surface area contributed by atoms with E-state index in [0.717, 1.165) is 12.8 Å². The molecule has 1 amide bonds. The fraction of sp³-hybridized carbons (Fsp3) is 0.333. The monoisotopic (exact) mass is 308 g/mol. The number of tetrazole rings is 1. The molecule has 21 heavy (non-hydrogen) atoms. The van der Waals surface area contributed by atoms with E-state index in [1.165, 1.54) is 30.0 Å². The van der Waals surface area contributed by atoms with Gasteiger partial charge in [0.15, 0.2) is 0 Å². The number of anilines is 2. The lowest BCUT2D eigenvalue weighted by Crippen LogP contribution is -2.15. The third kappa shape index (κ3) is 3.30. The van der Waals surface area contributed by atoms with E-state index in [9.17, 15) is 9.18 Å². The molecule has 0 bridgehead atoms. The molecule has 1 aromatic heterocycles. The molecule has 3 rings (SSSR count). The number of nitrogens with two attached hydrogens (primary N) is 1. The molecule has 110 valence electrons. The molecule has 3 N–H and O–H groups in total. The van der Waals surface area contributed by atoms with Crippen molar-refractivity contribution in [3.63, 3.8) is 0 Å². The van der Waals surface area contributed by atoms with Crippen molar-refractivity contribution in [2.24, 2.45) is 0 Å². The average molecular weight is 308 g/mol. The summed E-state index contributed by atoms with van der Waals surface area (Å²) >= 11 is 1.27. The minimum atomic E-state index is -0.508. The number of amides is 1. The first-order valence-corrected chi connectivity index (χ1v) is 7.37. The number of carbonyl (C=O) groups excluding carboxylic acids is 1. The minimum Gasteiger partial charge on any atom is -0.396 e. The predicted octanol–water partition coefficient (Wildman–Crippen LogP) is 1.46. The van der Waals surface area contributed by atoms with Crippen LogP contribution in [-0.4, -0.2) is 31.9 Å². The minimum absolute atomic E-state index is 0.00173. The van der Waals surface area contributed by atoms with Gasteiger partial charge < -0.3 is 11.1 Å². The van der Waals surface area contributed by atoms with Gasteiger partial charge in [0.1, 0.15) is 5.82 Å². The van der Waals surface area contributed by atoms with Crippen molar-refractivity contribution in [1.29, 1.82) is 0 Å². The van der Waals surface area contributed by atoms with Crippen LogP contribution in [0.2, 0.25) is 0 Å². The van der Waals surface area contributed by atoms with Crippen molar-refractivity contribution < 1.29 is 9.18 Å². The average Bonchev–Trinajstić information content (AvgIpc) is 3.19. The molecule has 0 aliphatic heterocycles. The van der Waals surface area contributed by atoms with Crippen molar-refractivity contribution in [2.45, 2.75) is 24.0 Å². The number of benzene rings is 1. The number of aromatic nitrogens is 4. The molecule has 1 heterocycles. The van der Waals surface area contributed by atoms with Crippen LogP contribution in [0.5, 0.6) is 0 Å². The largest absolute Gasteiger partial charge is 0.396 e. The van der Waals surface area contributed by atoms with Gasteiger partial charge in [-0.1, -0.05) is 11.8 Å². The Morgan fingerprint density at radius 3 is 3.05 bits per heavy atom. The number of hydrogen-bond acceptors (Lipinski definition) is 6. The highest BCUT2D eigenvalue weighted by Crippen LogP contribution is 2.36. The molecule has 7 nitrogen and oxygen atoms in total. The lowest BCUT2D eigenvalue weighted by molar-refractivity contribution is -0.113. The van der Waals surface area contributed by atoms with Crippen LogP contribution in [0.15, 0.2) is 23.4 Å². The molecular weight excluding hydrogens is 295 g/mol. The van der Waals surface area contributed by atoms with E-state index < -0.39 is 5.82 Å². The van der Waals surface area contributed by atoms with Crippen LogP contribution in [0.4, 0.5) is 15.8 Å². The number of carbonyl (C=O) groups is 1. The Balaban J connectivity index is 1.56. The van der Waals surface area contributed by atoms with E-state index in [0.29, 0.717) is 16.9 Å². The highest BCUT2D eigenvalue weighted by molar-refractivity contribution is 7.99. The van der Waals surface area contributed by atoms with Crippen molar-refractivity contribution in [1.82, 2.24) is 20.2 Å². The predicted molar refractivity (Wildman–Crippen MR) is 76.3 cm³/mol. The summed E-state index contributed by atoms with van der Waals surface area (Å²) in [6, 6.07) is 4.42. The quantitative estimate of drug-likeness (QED) is 0.641. The first-order valence-electron chi connectivity index (χ1n) is 6.39. The standard InChI is InChI=1S/C12H13FN6OS/c13-9-4-1-7(5-10(9)14)15-11(20)6-21-12-16-17-18-19(12)8-2-3-8/h1,4-5,8H,2-3,6,14H2,(H,15,20). The fourth-order valence-electron chi connectivity index (χ4n) is 1.78. The lowest BCUT2D eigenvalue weighted by atomic mass is 10.2. The molecule has 0 unspecified atom stereocenters. The van der Waals surface area contributed by atoms with Crippen molar-refractivity contribution in [2.75, 3.05) is 16.8 Å². The Morgan fingerprint density at radius 2 is 2.33 bits per heavy atom. The zero-order valence-electron chi connectivity index (χ0n) is 11.0. The number of hydrogen-bond donors (Lipinski definition) is 2. The molecule has 1 aliphatic carbocycles. The van der Waals surface area contributed by atoms with Gasteiger partial charge in [-0.3, -0.25) is 4.79 Å². The Bertz CT molecular complexity index is 672. The number of rotatable bonds is 5. The zero-order chi connectivity index (χ0) is 14.8. The van der Waals surface area contributed by atoms with Crippen LogP contribution >= 0.6 is 11.8 Å². The molecule has 0 spiro atoms. The van der Waals surface area contributed by atoms with E-state index in [1.807, 2.05) is 0 Å². The SMILES string of the molecule is Nc1cc(NC(=O)CSc2nnnn2C2CC2)ccc1F. The number of halogens is 1. The summed E-state index contributed by atoms with van der Waals surface area (Å²) < 4.78 is 14.8. The maximum absolute atomic E-state index is 13.0. The zero-order valence-corrected chi connectivity index (χ0v) is 11.8. The van der Waals surface area contributed by atoms with Crippen molar-refractivity contribution >= 4 is 29.0 Å². The summed E-state index contributed by atoms with van der Waals surface area (Å²) in [5, 5.41) is 14.7. The van der Waals surface area contributed by atoms with Gasteiger partial charge in [-0.05, 0) is 41.5 Å². The molecule has 2 aromatic rings. The molecule has 1 saturated carbocycles. The van der Waals surface area contributed by atoms with Crippen LogP contribution in [-0.2, 0) is 4.79 Å². The maximum atomic E-state index is 13.0. The van der Waals surface area contributed by atoms with Gasteiger partial charge in [0, 0.05) is 5.69 Å². The number of nitrogens with zero attached hydrogens (tertiary/aromatic N) is 4. The van der Waals surface area contributed by atoms with E-state index in [-0.39, 0.29) is 17.3 Å². The van der Waals surface area contributed by atoms with Gasteiger partial charge in [-0.25, -0.2) is 9.07 Å². The number of thioether (sulfide) groups is 1. The van der Waals surface area contributed by atoms with Gasteiger partial charge >= 0.3 is 0 Å². The van der Waals surface area contributed by atoms with Crippen molar-refractivity contribution in [3.05, 3.63) is 24.0 Å². The summed E-state index contributed by atoms with van der Waals surface area (Å²) in [5.41, 5.74) is 5.90. The highest BCUT2D eigenvalue weighted by Gasteiger charge is 2.28. The van der Waals surface area contributed by atoms with E-state index in [4.69, 9.17) is 5.73 Å². The van der Waals surface area contributed by atoms with Crippen LogP contribution < -0.4 is 11.1 Å². The summed E-state index contributed by atoms with van der Waals surface area (Å²) in [7, 11) is 0. The maximum Gasteiger partial charge on any atom is 0.234 e. The van der Waals surface area contributed by atoms with E-state index >= 15 is 0 Å². The molecule has 0 atom stereocenters. The third-order valence-corrected chi connectivity index (χ3v) is 3.90. The molecule has 0 radical (unpaired) electrons. The summed E-state index contributed by atoms with van der Waals surface area (Å²) in [5.74, 6) is -0.563. The van der Waals surface area contributed by atoms with E-state index in [1.54, 1.807) is 4.68 Å². The van der Waals surface area contributed by atoms with Gasteiger partial charge in [0.2, 0.25) is 11.1 Å². The summed E-state index contributed by atoms with van der Waals surface area (Å²) in [6.07, 6.45) is 2.14. The first-order chi connectivity index (χ1) is 10.1.